The molecule has 210 valence electrons. The number of hydrogen-bond acceptors (Lipinski definition) is 5. The van der Waals surface area contributed by atoms with Crippen LogP contribution in [0.2, 0.25) is 0 Å². The summed E-state index contributed by atoms with van der Waals surface area (Å²) in [6.45, 7) is 11.4. The van der Waals surface area contributed by atoms with E-state index in [0.717, 1.165) is 93.2 Å². The highest BCUT2D eigenvalue weighted by atomic mass is 16.5. The van der Waals surface area contributed by atoms with Crippen LogP contribution in [0, 0.1) is 12.8 Å². The lowest BCUT2D eigenvalue weighted by Gasteiger charge is -2.30. The lowest BCUT2D eigenvalue weighted by atomic mass is 9.84. The van der Waals surface area contributed by atoms with Gasteiger partial charge in [-0.3, -0.25) is 9.69 Å². The molecule has 7 nitrogen and oxygen atoms in total. The molecule has 2 aliphatic rings. The lowest BCUT2D eigenvalue weighted by molar-refractivity contribution is -0.870. The molecule has 0 saturated carbocycles. The fraction of sp³-hybridized carbons (Fsp3) is 0.677. The first-order valence-corrected chi connectivity index (χ1v) is 14.6. The van der Waals surface area contributed by atoms with Crippen LogP contribution in [0.1, 0.15) is 68.2 Å². The molecule has 2 aliphatic heterocycles. The molecule has 0 bridgehead atoms. The first-order chi connectivity index (χ1) is 18.1. The van der Waals surface area contributed by atoms with Gasteiger partial charge in [0.2, 0.25) is 5.91 Å². The van der Waals surface area contributed by atoms with Crippen molar-refractivity contribution < 1.29 is 18.4 Å². The minimum Gasteiger partial charge on any atom is -0.493 e. The minimum atomic E-state index is 0.270. The largest absolute Gasteiger partial charge is 0.493 e. The van der Waals surface area contributed by atoms with Gasteiger partial charge < -0.3 is 18.5 Å². The number of rotatable bonds is 13. The van der Waals surface area contributed by atoms with Crippen LogP contribution in [0.4, 0.5) is 0 Å². The first kappa shape index (κ1) is 28.6. The third-order valence-electron chi connectivity index (χ3n) is 8.34. The van der Waals surface area contributed by atoms with E-state index in [1.165, 1.54) is 11.1 Å². The molecular formula is C31H49N4O3+. The molecule has 0 N–H and O–H groups in total. The van der Waals surface area contributed by atoms with Gasteiger partial charge in [-0.25, -0.2) is 4.98 Å². The number of benzene rings is 1. The molecule has 1 fully saturated rings. The van der Waals surface area contributed by atoms with E-state index in [1.807, 2.05) is 6.92 Å². The molecule has 4 rings (SSSR count). The summed E-state index contributed by atoms with van der Waals surface area (Å²) in [5, 5.41) is 0. The molecule has 0 spiro atoms. The average Bonchev–Trinajstić information content (AvgIpc) is 3.58. The van der Waals surface area contributed by atoms with Crippen molar-refractivity contribution in [3.63, 3.8) is 0 Å². The normalized spacial score (nSPS) is 21.5. The summed E-state index contributed by atoms with van der Waals surface area (Å²) >= 11 is 0. The second kappa shape index (κ2) is 12.6. The number of ether oxygens (including phenoxy) is 1. The van der Waals surface area contributed by atoms with E-state index in [0.29, 0.717) is 24.4 Å². The van der Waals surface area contributed by atoms with Crippen molar-refractivity contribution in [1.29, 1.82) is 0 Å². The Hall–Kier alpha value is -2.38. The molecule has 1 aromatic carbocycles. The van der Waals surface area contributed by atoms with E-state index in [-0.39, 0.29) is 5.91 Å². The van der Waals surface area contributed by atoms with Gasteiger partial charge in [0.25, 0.3) is 0 Å². The van der Waals surface area contributed by atoms with E-state index in [2.05, 4.69) is 68.0 Å². The Bertz CT molecular complexity index is 1060. The number of likely N-dealkylation sites (tertiary alicyclic amines) is 1. The van der Waals surface area contributed by atoms with Crippen molar-refractivity contribution in [1.82, 2.24) is 14.8 Å². The van der Waals surface area contributed by atoms with Gasteiger partial charge >= 0.3 is 0 Å². The molecule has 1 amide bonds. The summed E-state index contributed by atoms with van der Waals surface area (Å²) in [7, 11) is 6.65. The third kappa shape index (κ3) is 7.38. The second-order valence-corrected chi connectivity index (χ2v) is 12.4. The maximum Gasteiger partial charge on any atom is 0.236 e. The molecule has 1 saturated heterocycles. The Balaban J connectivity index is 1.49. The molecule has 3 atom stereocenters. The van der Waals surface area contributed by atoms with Gasteiger partial charge in [-0.1, -0.05) is 32.4 Å². The molecule has 38 heavy (non-hydrogen) atoms. The minimum absolute atomic E-state index is 0.270. The quantitative estimate of drug-likeness (QED) is 0.356. The highest BCUT2D eigenvalue weighted by molar-refractivity contribution is 5.78. The lowest BCUT2D eigenvalue weighted by Crippen LogP contribution is -2.45. The molecule has 7 heteroatoms. The van der Waals surface area contributed by atoms with Crippen molar-refractivity contribution in [3.8, 4) is 5.75 Å². The Kier molecular flexibility index (Phi) is 9.53. The van der Waals surface area contributed by atoms with Gasteiger partial charge in [0, 0.05) is 50.9 Å². The van der Waals surface area contributed by atoms with Crippen LogP contribution in [0.15, 0.2) is 28.8 Å². The zero-order valence-electron chi connectivity index (χ0n) is 24.5. The summed E-state index contributed by atoms with van der Waals surface area (Å²) in [5.41, 5.74) is 2.69. The number of unbranched alkanes of at least 4 members (excludes halogenated alkanes) is 1. The number of hydrogen-bond donors (Lipinski definition) is 0. The highest BCUT2D eigenvalue weighted by Gasteiger charge is 2.41. The van der Waals surface area contributed by atoms with Crippen molar-refractivity contribution in [3.05, 3.63) is 47.2 Å². The van der Waals surface area contributed by atoms with Gasteiger partial charge in [0.15, 0.2) is 5.89 Å². The van der Waals surface area contributed by atoms with Crippen LogP contribution in [0.25, 0.3) is 0 Å². The van der Waals surface area contributed by atoms with Gasteiger partial charge in [0.1, 0.15) is 11.5 Å². The van der Waals surface area contributed by atoms with Crippen molar-refractivity contribution >= 4 is 5.91 Å². The highest BCUT2D eigenvalue weighted by Crippen LogP contribution is 2.40. The summed E-state index contributed by atoms with van der Waals surface area (Å²) in [4.78, 5) is 22.7. The molecule has 0 radical (unpaired) electrons. The number of carbonyl (C=O) groups is 1. The smallest absolute Gasteiger partial charge is 0.236 e. The van der Waals surface area contributed by atoms with E-state index in [1.54, 1.807) is 6.20 Å². The van der Waals surface area contributed by atoms with Crippen molar-refractivity contribution in [2.75, 3.05) is 60.5 Å². The monoisotopic (exact) mass is 525 g/mol. The Labute approximate surface area is 229 Å². The summed E-state index contributed by atoms with van der Waals surface area (Å²) in [6, 6.07) is 7.04. The molecule has 0 aliphatic carbocycles. The van der Waals surface area contributed by atoms with Crippen LogP contribution in [-0.4, -0.2) is 91.7 Å². The van der Waals surface area contributed by atoms with Gasteiger partial charge in [-0.2, -0.15) is 0 Å². The standard InChI is InChI=1S/C31H49N4O3/c1-7-8-15-33(16-9-17-35(4,5)6)31(36)22-34-21-27(25-10-12-29-26(19-25)14-18-37-29)24(3)28(34)11-13-30-32-20-23(2)38-30/h10,12,19-20,24,27-28H,7-9,11,13-18,21-22H2,1-6H3/q+1/t24-,27+,28+/m1/s1. The van der Waals surface area contributed by atoms with Gasteiger partial charge in [0.05, 0.1) is 47.0 Å². The number of oxazole rings is 1. The van der Waals surface area contributed by atoms with Crippen LogP contribution < -0.4 is 4.74 Å². The van der Waals surface area contributed by atoms with E-state index >= 15 is 0 Å². The van der Waals surface area contributed by atoms with Gasteiger partial charge in [-0.15, -0.1) is 0 Å². The number of aryl methyl sites for hydroxylation is 2. The maximum absolute atomic E-state index is 13.7. The van der Waals surface area contributed by atoms with Crippen LogP contribution >= 0.6 is 0 Å². The number of aromatic nitrogens is 1. The summed E-state index contributed by atoms with van der Waals surface area (Å²) in [6.07, 6.45) is 7.70. The van der Waals surface area contributed by atoms with Crippen molar-refractivity contribution in [2.24, 2.45) is 5.92 Å². The molecule has 2 aromatic rings. The van der Waals surface area contributed by atoms with Gasteiger partial charge in [-0.05, 0) is 42.9 Å². The van der Waals surface area contributed by atoms with Crippen LogP contribution in [0.3, 0.4) is 0 Å². The number of quaternary nitrogens is 1. The SMILES string of the molecule is CCCCN(CCC[N+](C)(C)C)C(=O)CN1C[C@H](c2ccc3c(c2)CCO3)[C@@H](C)[C@@H]1CCc1ncc(C)o1. The molecule has 0 unspecified atom stereocenters. The average molecular weight is 526 g/mol. The number of amides is 1. The predicted octanol–water partition coefficient (Wildman–Crippen LogP) is 4.68. The van der Waals surface area contributed by atoms with E-state index in [9.17, 15) is 4.79 Å². The maximum atomic E-state index is 13.7. The Morgan fingerprint density at radius 3 is 2.71 bits per heavy atom. The van der Waals surface area contributed by atoms with Crippen LogP contribution in [-0.2, 0) is 17.6 Å². The summed E-state index contributed by atoms with van der Waals surface area (Å²) < 4.78 is 12.5. The molecule has 1 aromatic heterocycles. The Morgan fingerprint density at radius 2 is 2.00 bits per heavy atom. The predicted molar refractivity (Wildman–Crippen MR) is 151 cm³/mol. The van der Waals surface area contributed by atoms with E-state index < -0.39 is 0 Å². The first-order valence-electron chi connectivity index (χ1n) is 14.6. The zero-order valence-corrected chi connectivity index (χ0v) is 24.5. The Morgan fingerprint density at radius 1 is 1.21 bits per heavy atom. The van der Waals surface area contributed by atoms with E-state index in [4.69, 9.17) is 9.15 Å². The number of fused-ring (bicyclic) bond motifs is 1. The third-order valence-corrected chi connectivity index (χ3v) is 8.34. The number of nitrogens with zero attached hydrogens (tertiary/aromatic N) is 4. The topological polar surface area (TPSA) is 58.8 Å². The summed E-state index contributed by atoms with van der Waals surface area (Å²) in [5.74, 6) is 3.78. The molecular weight excluding hydrogens is 476 g/mol. The van der Waals surface area contributed by atoms with Crippen LogP contribution in [0.5, 0.6) is 5.75 Å². The second-order valence-electron chi connectivity index (χ2n) is 12.4. The van der Waals surface area contributed by atoms with Crippen molar-refractivity contribution in [2.45, 2.75) is 71.3 Å². The molecule has 3 heterocycles. The number of carbonyl (C=O) groups excluding carboxylic acids is 1. The fourth-order valence-electron chi connectivity index (χ4n) is 6.14. The fourth-order valence-corrected chi connectivity index (χ4v) is 6.14. The zero-order chi connectivity index (χ0) is 27.3.